The van der Waals surface area contributed by atoms with Crippen LogP contribution in [-0.2, 0) is 0 Å². The van der Waals surface area contributed by atoms with Crippen LogP contribution in [0.1, 0.15) is 38.3 Å². The van der Waals surface area contributed by atoms with E-state index in [9.17, 15) is 5.11 Å². The first-order valence-electron chi connectivity index (χ1n) is 9.30. The molecule has 6 heteroatoms. The molecule has 4 rings (SSSR count). The molecule has 2 unspecified atom stereocenters. The minimum Gasteiger partial charge on any atom is -0.395 e. The number of rotatable bonds is 3. The predicted molar refractivity (Wildman–Crippen MR) is 105 cm³/mol. The van der Waals surface area contributed by atoms with Gasteiger partial charge in [-0.2, -0.15) is 9.61 Å². The summed E-state index contributed by atoms with van der Waals surface area (Å²) in [6, 6.07) is 12.2. The molecule has 2 aromatic heterocycles. The van der Waals surface area contributed by atoms with Crippen molar-refractivity contribution >= 4 is 11.5 Å². The maximum absolute atomic E-state index is 9.26. The van der Waals surface area contributed by atoms with Crippen LogP contribution in [0.25, 0.3) is 16.8 Å². The lowest BCUT2D eigenvalue weighted by molar-refractivity contribution is 0.212. The fraction of sp³-hybridized carbons (Fsp3) is 0.400. The van der Waals surface area contributed by atoms with Crippen LogP contribution in [0, 0.1) is 0 Å². The molecule has 1 aromatic carbocycles. The highest BCUT2D eigenvalue weighted by atomic mass is 16.3. The van der Waals surface area contributed by atoms with E-state index in [-0.39, 0.29) is 12.6 Å². The zero-order chi connectivity index (χ0) is 18.5. The van der Waals surface area contributed by atoms with Crippen LogP contribution in [-0.4, -0.2) is 38.9 Å². The second kappa shape index (κ2) is 8.29. The molecule has 0 spiro atoms. The van der Waals surface area contributed by atoms with Crippen molar-refractivity contribution in [2.75, 3.05) is 18.9 Å². The summed E-state index contributed by atoms with van der Waals surface area (Å²) in [5.41, 5.74) is 10.1. The predicted octanol–water partition coefficient (Wildman–Crippen LogP) is 2.83. The van der Waals surface area contributed by atoms with E-state index in [0.717, 1.165) is 41.9 Å². The van der Waals surface area contributed by atoms with Gasteiger partial charge in [-0.05, 0) is 18.4 Å². The van der Waals surface area contributed by atoms with Gasteiger partial charge < -0.3 is 16.2 Å². The summed E-state index contributed by atoms with van der Waals surface area (Å²) in [7, 11) is 0. The fourth-order valence-corrected chi connectivity index (χ4v) is 3.36. The Labute approximate surface area is 154 Å². The number of benzene rings is 1. The maximum atomic E-state index is 9.26. The Morgan fingerprint density at radius 2 is 2.00 bits per heavy atom. The number of piperidine rings is 1. The van der Waals surface area contributed by atoms with Crippen LogP contribution < -0.4 is 11.1 Å². The van der Waals surface area contributed by atoms with Crippen molar-refractivity contribution in [2.24, 2.45) is 0 Å². The smallest absolute Gasteiger partial charge is 0.165 e. The molecule has 0 bridgehead atoms. The second-order valence-electron chi connectivity index (χ2n) is 6.33. The Balaban J connectivity index is 0.000000948. The van der Waals surface area contributed by atoms with Gasteiger partial charge in [0.25, 0.3) is 0 Å². The Kier molecular flexibility index (Phi) is 5.85. The van der Waals surface area contributed by atoms with Crippen LogP contribution in [0.3, 0.4) is 0 Å². The van der Waals surface area contributed by atoms with Gasteiger partial charge in [0.05, 0.1) is 18.5 Å². The summed E-state index contributed by atoms with van der Waals surface area (Å²) in [6.45, 7) is 4.99. The molecule has 0 aliphatic carbocycles. The van der Waals surface area contributed by atoms with Gasteiger partial charge in [-0.1, -0.05) is 44.2 Å². The van der Waals surface area contributed by atoms with Crippen LogP contribution >= 0.6 is 0 Å². The quantitative estimate of drug-likeness (QED) is 0.674. The van der Waals surface area contributed by atoms with Crippen LogP contribution in [0.2, 0.25) is 0 Å². The molecule has 26 heavy (non-hydrogen) atoms. The molecule has 0 radical (unpaired) electrons. The summed E-state index contributed by atoms with van der Waals surface area (Å²) in [4.78, 5) is 4.86. The maximum Gasteiger partial charge on any atom is 0.165 e. The Morgan fingerprint density at radius 3 is 2.65 bits per heavy atom. The number of fused-ring (bicyclic) bond motifs is 1. The lowest BCUT2D eigenvalue weighted by Crippen LogP contribution is -2.40. The molecule has 6 nitrogen and oxygen atoms in total. The minimum atomic E-state index is 0.183. The number of nitrogens with zero attached hydrogens (tertiary/aromatic N) is 3. The van der Waals surface area contributed by atoms with Gasteiger partial charge in [-0.15, -0.1) is 0 Å². The number of anilines is 1. The molecule has 1 aliphatic heterocycles. The molecule has 0 saturated carbocycles. The van der Waals surface area contributed by atoms with Gasteiger partial charge in [0, 0.05) is 30.1 Å². The van der Waals surface area contributed by atoms with E-state index in [1.165, 1.54) is 0 Å². The molecular formula is C20H27N5O. The number of aromatic nitrogens is 3. The minimum absolute atomic E-state index is 0.183. The van der Waals surface area contributed by atoms with Crippen molar-refractivity contribution in [3.8, 4) is 11.1 Å². The zero-order valence-electron chi connectivity index (χ0n) is 15.4. The summed E-state index contributed by atoms with van der Waals surface area (Å²) < 4.78 is 1.69. The van der Waals surface area contributed by atoms with Crippen LogP contribution in [0.15, 0.2) is 42.6 Å². The number of hydrogen-bond acceptors (Lipinski definition) is 5. The van der Waals surface area contributed by atoms with E-state index in [0.29, 0.717) is 11.7 Å². The van der Waals surface area contributed by atoms with E-state index >= 15 is 0 Å². The standard InChI is InChI=1S/C18H21N5O.C2H6/c19-17-8-16(13-6-7-14(11-24)20-9-13)22-18-15(10-21-23(17)18)12-4-2-1-3-5-12;1-2/h1-5,8,10,13-14,20,24H,6-7,9,11,19H2;1-2H3. The highest BCUT2D eigenvalue weighted by Gasteiger charge is 2.23. The Morgan fingerprint density at radius 1 is 1.23 bits per heavy atom. The molecule has 3 aromatic rings. The summed E-state index contributed by atoms with van der Waals surface area (Å²) in [5.74, 6) is 0.903. The average molecular weight is 353 g/mol. The molecule has 1 saturated heterocycles. The molecule has 1 fully saturated rings. The normalized spacial score (nSPS) is 19.8. The highest BCUT2D eigenvalue weighted by Crippen LogP contribution is 2.29. The zero-order valence-corrected chi connectivity index (χ0v) is 15.4. The van der Waals surface area contributed by atoms with E-state index in [1.807, 2.05) is 44.3 Å². The first-order valence-corrected chi connectivity index (χ1v) is 9.30. The van der Waals surface area contributed by atoms with Gasteiger partial charge in [0.2, 0.25) is 0 Å². The number of nitrogens with two attached hydrogens (primary N) is 1. The SMILES string of the molecule is CC.Nc1cc(C2CCC(CO)NC2)nc2c(-c3ccccc3)cnn12. The van der Waals surface area contributed by atoms with Gasteiger partial charge in [0.15, 0.2) is 5.65 Å². The van der Waals surface area contributed by atoms with E-state index in [4.69, 9.17) is 10.7 Å². The molecule has 138 valence electrons. The topological polar surface area (TPSA) is 88.5 Å². The Hall–Kier alpha value is -2.44. The first kappa shape index (κ1) is 18.4. The summed E-state index contributed by atoms with van der Waals surface area (Å²) in [6.07, 6.45) is 3.76. The molecule has 4 N–H and O–H groups in total. The highest BCUT2D eigenvalue weighted by molar-refractivity contribution is 5.78. The third kappa shape index (κ3) is 3.57. The van der Waals surface area contributed by atoms with Crippen molar-refractivity contribution in [2.45, 2.75) is 38.6 Å². The largest absolute Gasteiger partial charge is 0.395 e. The summed E-state index contributed by atoms with van der Waals surface area (Å²) in [5, 5.41) is 17.0. The number of nitrogen functional groups attached to an aromatic ring is 1. The van der Waals surface area contributed by atoms with Crippen molar-refractivity contribution in [3.05, 3.63) is 48.3 Å². The van der Waals surface area contributed by atoms with E-state index in [1.54, 1.807) is 4.52 Å². The van der Waals surface area contributed by atoms with Crippen molar-refractivity contribution in [3.63, 3.8) is 0 Å². The fourth-order valence-electron chi connectivity index (χ4n) is 3.36. The van der Waals surface area contributed by atoms with Gasteiger partial charge in [-0.3, -0.25) is 0 Å². The van der Waals surface area contributed by atoms with Gasteiger partial charge >= 0.3 is 0 Å². The van der Waals surface area contributed by atoms with Crippen molar-refractivity contribution in [1.29, 1.82) is 0 Å². The number of hydrogen-bond donors (Lipinski definition) is 3. The number of aliphatic hydroxyl groups excluding tert-OH is 1. The monoisotopic (exact) mass is 353 g/mol. The van der Waals surface area contributed by atoms with E-state index < -0.39 is 0 Å². The van der Waals surface area contributed by atoms with Crippen LogP contribution in [0.4, 0.5) is 5.82 Å². The number of aliphatic hydroxyl groups is 1. The first-order chi connectivity index (χ1) is 12.8. The lowest BCUT2D eigenvalue weighted by Gasteiger charge is -2.28. The van der Waals surface area contributed by atoms with Crippen molar-refractivity contribution in [1.82, 2.24) is 19.9 Å². The molecular weight excluding hydrogens is 326 g/mol. The Bertz CT molecular complexity index is 838. The third-order valence-electron chi connectivity index (χ3n) is 4.76. The van der Waals surface area contributed by atoms with Gasteiger partial charge in [0.1, 0.15) is 5.82 Å². The van der Waals surface area contributed by atoms with Crippen LogP contribution in [0.5, 0.6) is 0 Å². The number of nitrogens with one attached hydrogen (secondary N) is 1. The van der Waals surface area contributed by atoms with E-state index in [2.05, 4.69) is 22.5 Å². The van der Waals surface area contributed by atoms with Gasteiger partial charge in [-0.25, -0.2) is 4.98 Å². The molecule has 3 heterocycles. The molecule has 0 amide bonds. The average Bonchev–Trinajstić information content (AvgIpc) is 3.15. The lowest BCUT2D eigenvalue weighted by atomic mass is 9.92. The summed E-state index contributed by atoms with van der Waals surface area (Å²) >= 11 is 0. The third-order valence-corrected chi connectivity index (χ3v) is 4.76. The van der Waals surface area contributed by atoms with Crippen molar-refractivity contribution < 1.29 is 5.11 Å². The molecule has 2 atom stereocenters. The molecule has 1 aliphatic rings. The second-order valence-corrected chi connectivity index (χ2v) is 6.33.